The Labute approximate surface area is 100 Å². The van der Waals surface area contributed by atoms with E-state index in [1.54, 1.807) is 6.92 Å². The van der Waals surface area contributed by atoms with Gasteiger partial charge in [0.1, 0.15) is 6.04 Å². The van der Waals surface area contributed by atoms with Crippen molar-refractivity contribution in [2.75, 3.05) is 19.7 Å². The molecular weight excluding hydrogens is 233 g/mol. The lowest BCUT2D eigenvalue weighted by atomic mass is 10.0. The van der Waals surface area contributed by atoms with E-state index in [4.69, 9.17) is 10.5 Å². The molecule has 1 rings (SSSR count). The van der Waals surface area contributed by atoms with Crippen LogP contribution in [0.4, 0.5) is 13.2 Å². The summed E-state index contributed by atoms with van der Waals surface area (Å²) in [6.07, 6.45) is -3.34. The minimum atomic E-state index is -4.27. The molecule has 3 atom stereocenters. The van der Waals surface area contributed by atoms with E-state index < -0.39 is 18.3 Å². The Morgan fingerprint density at radius 1 is 1.41 bits per heavy atom. The molecule has 0 amide bonds. The van der Waals surface area contributed by atoms with Gasteiger partial charge < -0.3 is 10.5 Å². The molecule has 17 heavy (non-hydrogen) atoms. The molecule has 0 spiro atoms. The van der Waals surface area contributed by atoms with Crippen LogP contribution in [0.15, 0.2) is 0 Å². The molecule has 0 saturated carbocycles. The van der Waals surface area contributed by atoms with Gasteiger partial charge in [0.15, 0.2) is 0 Å². The zero-order valence-electron chi connectivity index (χ0n) is 10.3. The van der Waals surface area contributed by atoms with Crippen molar-refractivity contribution in [1.82, 2.24) is 4.90 Å². The molecule has 6 heteroatoms. The molecule has 102 valence electrons. The largest absolute Gasteiger partial charge is 0.405 e. The van der Waals surface area contributed by atoms with Crippen molar-refractivity contribution in [2.24, 2.45) is 5.73 Å². The molecule has 1 aliphatic heterocycles. The number of nitrogens with two attached hydrogens (primary N) is 1. The normalized spacial score (nSPS) is 26.8. The van der Waals surface area contributed by atoms with E-state index in [2.05, 4.69) is 0 Å². The summed E-state index contributed by atoms with van der Waals surface area (Å²) in [6, 6.07) is -2.42. The van der Waals surface area contributed by atoms with Crippen LogP contribution in [0.1, 0.15) is 26.7 Å². The van der Waals surface area contributed by atoms with Gasteiger partial charge >= 0.3 is 6.18 Å². The van der Waals surface area contributed by atoms with Crippen LogP contribution >= 0.6 is 0 Å². The number of ether oxygens (including phenoxy) is 1. The van der Waals surface area contributed by atoms with Crippen LogP contribution < -0.4 is 5.73 Å². The third kappa shape index (κ3) is 3.82. The molecule has 1 saturated heterocycles. The lowest BCUT2D eigenvalue weighted by molar-refractivity contribution is -0.202. The second kappa shape index (κ2) is 6.02. The second-order valence-corrected chi connectivity index (χ2v) is 4.45. The highest BCUT2D eigenvalue weighted by Crippen LogP contribution is 2.29. The summed E-state index contributed by atoms with van der Waals surface area (Å²) in [6.45, 7) is 4.56. The maximum Gasteiger partial charge on any atom is 0.405 e. The second-order valence-electron chi connectivity index (χ2n) is 4.45. The Hall–Kier alpha value is -0.330. The number of hydrogen-bond donors (Lipinski definition) is 1. The SMILES string of the molecule is CCC1CN(C(C(N)CC)C(F)(F)F)CCO1. The van der Waals surface area contributed by atoms with E-state index in [0.29, 0.717) is 26.1 Å². The van der Waals surface area contributed by atoms with Gasteiger partial charge in [-0.1, -0.05) is 13.8 Å². The van der Waals surface area contributed by atoms with Crippen LogP contribution in [0.3, 0.4) is 0 Å². The highest BCUT2D eigenvalue weighted by Gasteiger charge is 2.47. The van der Waals surface area contributed by atoms with E-state index in [-0.39, 0.29) is 6.10 Å². The van der Waals surface area contributed by atoms with Crippen molar-refractivity contribution in [3.05, 3.63) is 0 Å². The molecule has 3 nitrogen and oxygen atoms in total. The van der Waals surface area contributed by atoms with Crippen LogP contribution in [-0.4, -0.2) is 49.0 Å². The monoisotopic (exact) mass is 254 g/mol. The van der Waals surface area contributed by atoms with Gasteiger partial charge in [-0.15, -0.1) is 0 Å². The Morgan fingerprint density at radius 3 is 2.53 bits per heavy atom. The summed E-state index contributed by atoms with van der Waals surface area (Å²) >= 11 is 0. The van der Waals surface area contributed by atoms with Gasteiger partial charge in [-0.05, 0) is 12.8 Å². The third-order valence-corrected chi connectivity index (χ3v) is 3.23. The van der Waals surface area contributed by atoms with E-state index in [1.807, 2.05) is 6.92 Å². The first-order valence-electron chi connectivity index (χ1n) is 6.08. The van der Waals surface area contributed by atoms with Crippen LogP contribution in [0.5, 0.6) is 0 Å². The van der Waals surface area contributed by atoms with E-state index in [0.717, 1.165) is 6.42 Å². The van der Waals surface area contributed by atoms with Gasteiger partial charge in [-0.25, -0.2) is 0 Å². The van der Waals surface area contributed by atoms with E-state index in [1.165, 1.54) is 4.90 Å². The number of hydrogen-bond acceptors (Lipinski definition) is 3. The molecule has 0 aromatic heterocycles. The predicted octanol–water partition coefficient (Wildman–Crippen LogP) is 1.77. The molecule has 0 aromatic rings. The minimum Gasteiger partial charge on any atom is -0.376 e. The first kappa shape index (κ1) is 14.7. The number of rotatable bonds is 4. The van der Waals surface area contributed by atoms with Crippen molar-refractivity contribution < 1.29 is 17.9 Å². The summed E-state index contributed by atoms with van der Waals surface area (Å²) in [5, 5.41) is 0. The average Bonchev–Trinajstić information content (AvgIpc) is 2.27. The number of nitrogens with zero attached hydrogens (tertiary/aromatic N) is 1. The highest BCUT2D eigenvalue weighted by molar-refractivity contribution is 4.89. The maximum absolute atomic E-state index is 13.0. The molecule has 0 aromatic carbocycles. The topological polar surface area (TPSA) is 38.5 Å². The van der Waals surface area contributed by atoms with Gasteiger partial charge in [0.2, 0.25) is 0 Å². The standard InChI is InChI=1S/C11H21F3N2O/c1-3-8-7-16(5-6-17-8)10(9(15)4-2)11(12,13)14/h8-10H,3-7,15H2,1-2H3. The molecule has 1 aliphatic rings. The van der Waals surface area contributed by atoms with Gasteiger partial charge in [-0.2, -0.15) is 13.2 Å². The highest BCUT2D eigenvalue weighted by atomic mass is 19.4. The molecule has 2 N–H and O–H groups in total. The molecule has 1 fully saturated rings. The molecule has 0 radical (unpaired) electrons. The van der Waals surface area contributed by atoms with Gasteiger partial charge in [0, 0.05) is 19.1 Å². The van der Waals surface area contributed by atoms with Gasteiger partial charge in [0.25, 0.3) is 0 Å². The Morgan fingerprint density at radius 2 is 2.06 bits per heavy atom. The van der Waals surface area contributed by atoms with Crippen molar-refractivity contribution in [3.8, 4) is 0 Å². The number of halogens is 3. The Balaban J connectivity index is 2.76. The minimum absolute atomic E-state index is 0.113. The van der Waals surface area contributed by atoms with Crippen LogP contribution in [-0.2, 0) is 4.74 Å². The fourth-order valence-corrected chi connectivity index (χ4v) is 2.19. The summed E-state index contributed by atoms with van der Waals surface area (Å²) in [7, 11) is 0. The maximum atomic E-state index is 13.0. The van der Waals surface area contributed by atoms with Crippen LogP contribution in [0.2, 0.25) is 0 Å². The van der Waals surface area contributed by atoms with Crippen LogP contribution in [0, 0.1) is 0 Å². The fourth-order valence-electron chi connectivity index (χ4n) is 2.19. The zero-order chi connectivity index (χ0) is 13.1. The Bertz CT molecular complexity index is 235. The smallest absolute Gasteiger partial charge is 0.376 e. The van der Waals surface area contributed by atoms with Crippen molar-refractivity contribution in [3.63, 3.8) is 0 Å². The summed E-state index contributed by atoms with van der Waals surface area (Å²) < 4.78 is 44.4. The molecule has 0 aliphatic carbocycles. The van der Waals surface area contributed by atoms with Crippen molar-refractivity contribution in [2.45, 2.75) is 51.1 Å². The van der Waals surface area contributed by atoms with Crippen molar-refractivity contribution >= 4 is 0 Å². The zero-order valence-corrected chi connectivity index (χ0v) is 10.3. The summed E-state index contributed by atoms with van der Waals surface area (Å²) in [4.78, 5) is 1.42. The lowest BCUT2D eigenvalue weighted by Crippen LogP contribution is -2.60. The third-order valence-electron chi connectivity index (χ3n) is 3.23. The molecule has 1 heterocycles. The number of morpholine rings is 1. The summed E-state index contributed by atoms with van der Waals surface area (Å²) in [5.41, 5.74) is 5.62. The van der Waals surface area contributed by atoms with E-state index in [9.17, 15) is 13.2 Å². The van der Waals surface area contributed by atoms with Crippen LogP contribution in [0.25, 0.3) is 0 Å². The van der Waals surface area contributed by atoms with Gasteiger partial charge in [0.05, 0.1) is 12.7 Å². The van der Waals surface area contributed by atoms with Gasteiger partial charge in [-0.3, -0.25) is 4.90 Å². The predicted molar refractivity (Wildman–Crippen MR) is 59.7 cm³/mol. The average molecular weight is 254 g/mol. The molecular formula is C11H21F3N2O. The fraction of sp³-hybridized carbons (Fsp3) is 1.00. The quantitative estimate of drug-likeness (QED) is 0.831. The number of alkyl halides is 3. The molecule has 0 bridgehead atoms. The van der Waals surface area contributed by atoms with Crippen molar-refractivity contribution in [1.29, 1.82) is 0 Å². The first-order chi connectivity index (χ1) is 7.90. The lowest BCUT2D eigenvalue weighted by Gasteiger charge is -2.41. The Kier molecular flexibility index (Phi) is 5.22. The van der Waals surface area contributed by atoms with E-state index >= 15 is 0 Å². The first-order valence-corrected chi connectivity index (χ1v) is 6.08. The molecule has 3 unspecified atom stereocenters. The summed E-state index contributed by atoms with van der Waals surface area (Å²) in [5.74, 6) is 0.